The highest BCUT2D eigenvalue weighted by Gasteiger charge is 2.38. The van der Waals surface area contributed by atoms with Gasteiger partial charge in [0, 0.05) is 19.5 Å². The predicted molar refractivity (Wildman–Crippen MR) is 125 cm³/mol. The Balaban J connectivity index is 0.000000856. The molecule has 5 N–H and O–H groups in total. The average Bonchev–Trinajstić information content (AvgIpc) is 2.88. The van der Waals surface area contributed by atoms with Gasteiger partial charge in [-0.15, -0.1) is 0 Å². The fraction of sp³-hybridized carbons (Fsp3) is 0.333. The molecule has 0 bridgehead atoms. The number of esters is 1. The Morgan fingerprint density at radius 3 is 1.78 bits per heavy atom. The maximum absolute atomic E-state index is 12.5. The lowest BCUT2D eigenvalue weighted by molar-refractivity contribution is -0.192. The maximum atomic E-state index is 12.5. The third-order valence-electron chi connectivity index (χ3n) is 4.52. The van der Waals surface area contributed by atoms with Crippen LogP contribution in [0, 0.1) is 0 Å². The summed E-state index contributed by atoms with van der Waals surface area (Å²) < 4.78 is 42.1. The second-order valence-electron chi connectivity index (χ2n) is 7.42. The first kappa shape index (κ1) is 31.1. The summed E-state index contributed by atoms with van der Waals surface area (Å²) >= 11 is 0. The minimum Gasteiger partial charge on any atom is -0.475 e. The largest absolute Gasteiger partial charge is 0.490 e. The molecule has 2 aromatic carbocycles. The molecular weight excluding hydrogens is 499 g/mol. The van der Waals surface area contributed by atoms with E-state index < -0.39 is 36.2 Å². The van der Waals surface area contributed by atoms with E-state index in [1.54, 1.807) is 0 Å². The van der Waals surface area contributed by atoms with E-state index in [1.807, 2.05) is 60.7 Å². The van der Waals surface area contributed by atoms with Gasteiger partial charge in [-0.3, -0.25) is 9.59 Å². The molecule has 0 aliphatic rings. The summed E-state index contributed by atoms with van der Waals surface area (Å²) in [6, 6.07) is 17.3. The third-order valence-corrected chi connectivity index (χ3v) is 4.52. The first-order valence-electron chi connectivity index (χ1n) is 10.9. The van der Waals surface area contributed by atoms with Crippen molar-refractivity contribution in [2.75, 3.05) is 13.1 Å². The highest BCUT2D eigenvalue weighted by atomic mass is 19.4. The van der Waals surface area contributed by atoms with Crippen molar-refractivity contribution in [3.05, 3.63) is 71.8 Å². The summed E-state index contributed by atoms with van der Waals surface area (Å²) in [4.78, 5) is 46.6. The fourth-order valence-electron chi connectivity index (χ4n) is 2.61. The number of halogens is 3. The molecule has 0 aliphatic heterocycles. The molecule has 0 saturated heterocycles. The zero-order valence-corrected chi connectivity index (χ0v) is 19.7. The molecule has 0 aromatic heterocycles. The van der Waals surface area contributed by atoms with Crippen LogP contribution in [0.2, 0.25) is 0 Å². The number of benzene rings is 2. The Labute approximate surface area is 210 Å². The number of aliphatic carboxylic acids is 1. The maximum Gasteiger partial charge on any atom is 0.490 e. The van der Waals surface area contributed by atoms with E-state index in [0.29, 0.717) is 0 Å². The second-order valence-corrected chi connectivity index (χ2v) is 7.42. The van der Waals surface area contributed by atoms with Gasteiger partial charge in [0.15, 0.2) is 0 Å². The summed E-state index contributed by atoms with van der Waals surface area (Å²) in [5, 5.41) is 7.12. The molecule has 0 fully saturated rings. The van der Waals surface area contributed by atoms with Crippen LogP contribution in [-0.2, 0) is 37.1 Å². The van der Waals surface area contributed by atoms with Gasteiger partial charge in [0.2, 0.25) is 5.91 Å². The molecule has 202 valence electrons. The quantitative estimate of drug-likeness (QED) is 0.394. The number of amides is 2. The van der Waals surface area contributed by atoms with Gasteiger partial charge in [-0.05, 0) is 17.5 Å². The number of carbonyl (C=O) groups excluding carboxylic acids is 3. The van der Waals surface area contributed by atoms with Gasteiger partial charge in [0.1, 0.15) is 19.3 Å². The van der Waals surface area contributed by atoms with Crippen molar-refractivity contribution < 1.29 is 46.9 Å². The average molecular weight is 527 g/mol. The zero-order chi connectivity index (χ0) is 27.8. The topological polar surface area (TPSA) is 162 Å². The van der Waals surface area contributed by atoms with E-state index in [9.17, 15) is 27.6 Å². The second kappa shape index (κ2) is 15.9. The summed E-state index contributed by atoms with van der Waals surface area (Å²) in [5.41, 5.74) is 13.0. The number of hydrogen-bond donors (Lipinski definition) is 3. The van der Waals surface area contributed by atoms with Crippen molar-refractivity contribution in [1.29, 1.82) is 0 Å². The van der Waals surface area contributed by atoms with Crippen LogP contribution >= 0.6 is 0 Å². The molecule has 0 spiro atoms. The molecule has 0 radical (unpaired) electrons. The van der Waals surface area contributed by atoms with E-state index in [1.165, 1.54) is 0 Å². The minimum absolute atomic E-state index is 0.0140. The van der Waals surface area contributed by atoms with E-state index in [2.05, 4.69) is 0 Å². The number of carboxylic acid groups (broad SMARTS) is 1. The molecule has 2 rings (SSSR count). The molecule has 13 heteroatoms. The highest BCUT2D eigenvalue weighted by Crippen LogP contribution is 2.13. The lowest BCUT2D eigenvalue weighted by atomic mass is 10.1. The Morgan fingerprint density at radius 1 is 0.892 bits per heavy atom. The highest BCUT2D eigenvalue weighted by molar-refractivity contribution is 5.92. The molecule has 37 heavy (non-hydrogen) atoms. The number of imide groups is 1. The van der Waals surface area contributed by atoms with Crippen LogP contribution in [0.3, 0.4) is 0 Å². The van der Waals surface area contributed by atoms with Gasteiger partial charge < -0.3 is 26.0 Å². The normalized spacial score (nSPS) is 11.4. The molecule has 0 unspecified atom stereocenters. The Morgan fingerprint density at radius 2 is 1.35 bits per heavy atom. The van der Waals surface area contributed by atoms with Gasteiger partial charge in [0.05, 0.1) is 0 Å². The molecule has 1 atom stereocenters. The van der Waals surface area contributed by atoms with Gasteiger partial charge in [-0.25, -0.2) is 14.5 Å². The molecular formula is C24H28F3N3O7. The minimum atomic E-state index is -5.08. The van der Waals surface area contributed by atoms with Crippen molar-refractivity contribution in [2.45, 2.75) is 38.3 Å². The van der Waals surface area contributed by atoms with Gasteiger partial charge in [0.25, 0.3) is 0 Å². The summed E-state index contributed by atoms with van der Waals surface area (Å²) in [5.74, 6) is -3.87. The lowest BCUT2D eigenvalue weighted by Crippen LogP contribution is -2.41. The lowest BCUT2D eigenvalue weighted by Gasteiger charge is -2.20. The van der Waals surface area contributed by atoms with E-state index in [-0.39, 0.29) is 39.1 Å². The number of nitrogens with zero attached hydrogens (tertiary/aromatic N) is 1. The molecule has 2 aromatic rings. The Bertz CT molecular complexity index is 1010. The first-order chi connectivity index (χ1) is 17.5. The number of nitrogens with two attached hydrogens (primary N) is 2. The number of alkyl halides is 3. The zero-order valence-electron chi connectivity index (χ0n) is 19.7. The monoisotopic (exact) mass is 527 g/mol. The fourth-order valence-corrected chi connectivity index (χ4v) is 2.61. The van der Waals surface area contributed by atoms with E-state index in [4.69, 9.17) is 30.8 Å². The van der Waals surface area contributed by atoms with Crippen molar-refractivity contribution in [3.8, 4) is 0 Å². The van der Waals surface area contributed by atoms with Gasteiger partial charge >= 0.3 is 24.2 Å². The summed E-state index contributed by atoms with van der Waals surface area (Å²) in [7, 11) is 0. The molecule has 0 heterocycles. The van der Waals surface area contributed by atoms with Gasteiger partial charge in [-0.2, -0.15) is 13.2 Å². The predicted octanol–water partition coefficient (Wildman–Crippen LogP) is 2.59. The molecule has 0 saturated carbocycles. The number of ether oxygens (including phenoxy) is 2. The molecule has 0 aliphatic carbocycles. The van der Waals surface area contributed by atoms with Crippen molar-refractivity contribution in [3.63, 3.8) is 0 Å². The van der Waals surface area contributed by atoms with E-state index >= 15 is 0 Å². The Hall–Kier alpha value is -3.97. The first-order valence-corrected chi connectivity index (χ1v) is 10.9. The van der Waals surface area contributed by atoms with Crippen molar-refractivity contribution in [2.24, 2.45) is 11.5 Å². The van der Waals surface area contributed by atoms with Crippen LogP contribution in [0.15, 0.2) is 60.7 Å². The van der Waals surface area contributed by atoms with Crippen molar-refractivity contribution in [1.82, 2.24) is 4.90 Å². The SMILES string of the molecule is NCCN(C(=O)CC[C@H](N)C(=O)OCc1ccccc1)C(=O)OCc1ccccc1.O=C(O)C(F)(F)F. The van der Waals surface area contributed by atoms with E-state index in [0.717, 1.165) is 16.0 Å². The van der Waals surface area contributed by atoms with Crippen LogP contribution in [0.25, 0.3) is 0 Å². The van der Waals surface area contributed by atoms with Gasteiger partial charge in [-0.1, -0.05) is 60.7 Å². The van der Waals surface area contributed by atoms with Crippen LogP contribution in [0.1, 0.15) is 24.0 Å². The number of rotatable bonds is 10. The molecule has 10 nitrogen and oxygen atoms in total. The third kappa shape index (κ3) is 12.5. The number of carboxylic acids is 1. The number of hydrogen-bond acceptors (Lipinski definition) is 8. The standard InChI is InChI=1S/C22H27N3O5.C2HF3O2/c23-13-14-25(22(28)30-16-18-9-5-2-6-10-18)20(26)12-11-19(24)21(27)29-15-17-7-3-1-4-8-17;3-2(4,5)1(6)7/h1-10,19H,11-16,23-24H2;(H,6,7)/t19-;/m0./s1. The van der Waals surface area contributed by atoms with Crippen molar-refractivity contribution >= 4 is 23.9 Å². The number of carbonyl (C=O) groups is 4. The summed E-state index contributed by atoms with van der Waals surface area (Å²) in [6.07, 6.45) is -5.93. The smallest absolute Gasteiger partial charge is 0.475 e. The summed E-state index contributed by atoms with van der Waals surface area (Å²) in [6.45, 7) is 0.253. The van der Waals surface area contributed by atoms with Crippen LogP contribution in [0.4, 0.5) is 18.0 Å². The Kier molecular flexibility index (Phi) is 13.4. The van der Waals surface area contributed by atoms with Crippen LogP contribution < -0.4 is 11.5 Å². The van der Waals surface area contributed by atoms with Crippen LogP contribution in [0.5, 0.6) is 0 Å². The van der Waals surface area contributed by atoms with Crippen LogP contribution in [-0.4, -0.2) is 59.3 Å². The molecule has 2 amide bonds.